The van der Waals surface area contributed by atoms with Gasteiger partial charge >= 0.3 is 0 Å². The number of nitrogens with one attached hydrogen (secondary N) is 1. The van der Waals surface area contributed by atoms with Crippen LogP contribution in [0.5, 0.6) is 0 Å². The molecular formula is C23H21IN4O3. The van der Waals surface area contributed by atoms with Crippen molar-refractivity contribution < 1.29 is 14.0 Å². The second kappa shape index (κ2) is 9.78. The predicted molar refractivity (Wildman–Crippen MR) is 126 cm³/mol. The van der Waals surface area contributed by atoms with Crippen molar-refractivity contribution in [1.82, 2.24) is 15.2 Å². The fraction of sp³-hybridized carbons (Fsp3) is 0.174. The van der Waals surface area contributed by atoms with Crippen LogP contribution in [0.25, 0.3) is 6.08 Å². The normalized spacial score (nSPS) is 14.4. The Balaban J connectivity index is 1.50. The number of anilines is 1. The summed E-state index contributed by atoms with van der Waals surface area (Å²) in [7, 11) is 0. The summed E-state index contributed by atoms with van der Waals surface area (Å²) in [6, 6.07) is 16.3. The number of pyridine rings is 1. The highest BCUT2D eigenvalue weighted by molar-refractivity contribution is 14.1. The van der Waals surface area contributed by atoms with E-state index in [0.29, 0.717) is 41.3 Å². The lowest BCUT2D eigenvalue weighted by atomic mass is 10.2. The van der Waals surface area contributed by atoms with Gasteiger partial charge in [0.1, 0.15) is 11.5 Å². The van der Waals surface area contributed by atoms with Crippen LogP contribution in [0.2, 0.25) is 0 Å². The zero-order valence-corrected chi connectivity index (χ0v) is 18.9. The Bertz CT molecular complexity index is 1070. The van der Waals surface area contributed by atoms with E-state index in [2.05, 4.69) is 37.8 Å². The molecule has 3 heterocycles. The fourth-order valence-electron chi connectivity index (χ4n) is 3.36. The molecule has 0 aliphatic carbocycles. The number of aromatic nitrogens is 1. The van der Waals surface area contributed by atoms with Gasteiger partial charge in [0.15, 0.2) is 3.77 Å². The van der Waals surface area contributed by atoms with Gasteiger partial charge in [-0.15, -0.1) is 0 Å². The standard InChI is InChI=1S/C23H21IN4O3/c24-21-9-8-19(31-21)15-20(26-22(29)17-5-2-1-3-6-17)23(30)28-13-11-27(12-14-28)18-7-4-10-25-16-18/h1-10,15-16H,11-14H2,(H,26,29)/b20-15+. The Labute approximate surface area is 193 Å². The van der Waals surface area contributed by atoms with Crippen LogP contribution < -0.4 is 10.2 Å². The van der Waals surface area contributed by atoms with Gasteiger partial charge in [-0.25, -0.2) is 0 Å². The third-order valence-corrected chi connectivity index (χ3v) is 5.55. The van der Waals surface area contributed by atoms with Crippen molar-refractivity contribution in [3.05, 3.63) is 87.8 Å². The van der Waals surface area contributed by atoms with E-state index in [1.807, 2.05) is 24.4 Å². The molecule has 1 aromatic carbocycles. The van der Waals surface area contributed by atoms with Crippen LogP contribution >= 0.6 is 22.6 Å². The topological polar surface area (TPSA) is 78.7 Å². The highest BCUT2D eigenvalue weighted by Gasteiger charge is 2.25. The zero-order valence-electron chi connectivity index (χ0n) is 16.7. The lowest BCUT2D eigenvalue weighted by Gasteiger charge is -2.36. The first-order valence-corrected chi connectivity index (χ1v) is 11.0. The number of hydrogen-bond acceptors (Lipinski definition) is 5. The number of amides is 2. The van der Waals surface area contributed by atoms with Gasteiger partial charge in [-0.1, -0.05) is 18.2 Å². The molecule has 1 aliphatic heterocycles. The maximum Gasteiger partial charge on any atom is 0.270 e. The summed E-state index contributed by atoms with van der Waals surface area (Å²) in [4.78, 5) is 34.1. The third kappa shape index (κ3) is 5.32. The van der Waals surface area contributed by atoms with E-state index in [4.69, 9.17) is 4.42 Å². The molecule has 158 valence electrons. The number of carbonyl (C=O) groups is 2. The van der Waals surface area contributed by atoms with E-state index in [-0.39, 0.29) is 17.5 Å². The van der Waals surface area contributed by atoms with Gasteiger partial charge < -0.3 is 19.5 Å². The highest BCUT2D eigenvalue weighted by atomic mass is 127. The van der Waals surface area contributed by atoms with Gasteiger partial charge in [0, 0.05) is 44.0 Å². The molecule has 1 fully saturated rings. The molecular weight excluding hydrogens is 507 g/mol. The molecule has 1 N–H and O–H groups in total. The number of hydrogen-bond donors (Lipinski definition) is 1. The molecule has 7 nitrogen and oxygen atoms in total. The predicted octanol–water partition coefficient (Wildman–Crippen LogP) is 3.40. The van der Waals surface area contributed by atoms with Crippen LogP contribution in [0.1, 0.15) is 16.1 Å². The van der Waals surface area contributed by atoms with Gasteiger partial charge in [0.2, 0.25) is 0 Å². The smallest absolute Gasteiger partial charge is 0.270 e. The molecule has 0 radical (unpaired) electrons. The van der Waals surface area contributed by atoms with Gasteiger partial charge in [-0.2, -0.15) is 0 Å². The van der Waals surface area contributed by atoms with E-state index in [1.54, 1.807) is 53.6 Å². The van der Waals surface area contributed by atoms with E-state index in [1.165, 1.54) is 0 Å². The molecule has 3 aromatic rings. The fourth-order valence-corrected chi connectivity index (χ4v) is 3.80. The number of furan rings is 1. The third-order valence-electron chi connectivity index (χ3n) is 4.97. The molecule has 0 unspecified atom stereocenters. The highest BCUT2D eigenvalue weighted by Crippen LogP contribution is 2.18. The van der Waals surface area contributed by atoms with Crippen molar-refractivity contribution in [1.29, 1.82) is 0 Å². The minimum absolute atomic E-state index is 0.189. The molecule has 31 heavy (non-hydrogen) atoms. The largest absolute Gasteiger partial charge is 0.451 e. The lowest BCUT2D eigenvalue weighted by molar-refractivity contribution is -0.127. The molecule has 1 aliphatic rings. The molecule has 2 amide bonds. The maximum absolute atomic E-state index is 13.3. The summed E-state index contributed by atoms with van der Waals surface area (Å²) in [6.07, 6.45) is 5.14. The van der Waals surface area contributed by atoms with Crippen LogP contribution in [0.15, 0.2) is 77.1 Å². The van der Waals surface area contributed by atoms with Gasteiger partial charge in [-0.05, 0) is 59.0 Å². The van der Waals surface area contributed by atoms with Gasteiger partial charge in [-0.3, -0.25) is 14.6 Å². The number of benzene rings is 1. The zero-order chi connectivity index (χ0) is 21.6. The van der Waals surface area contributed by atoms with Crippen molar-refractivity contribution in [3.63, 3.8) is 0 Å². The van der Waals surface area contributed by atoms with E-state index < -0.39 is 0 Å². The molecule has 2 aromatic heterocycles. The second-order valence-corrected chi connectivity index (χ2v) is 8.07. The van der Waals surface area contributed by atoms with E-state index >= 15 is 0 Å². The minimum atomic E-state index is -0.338. The number of carbonyl (C=O) groups excluding carboxylic acids is 2. The minimum Gasteiger partial charge on any atom is -0.451 e. The number of piperazine rings is 1. The van der Waals surface area contributed by atoms with Crippen LogP contribution in [0.4, 0.5) is 5.69 Å². The molecule has 8 heteroatoms. The molecule has 0 atom stereocenters. The first-order chi connectivity index (χ1) is 15.1. The first-order valence-electron chi connectivity index (χ1n) is 9.88. The van der Waals surface area contributed by atoms with E-state index in [9.17, 15) is 9.59 Å². The number of halogens is 1. The van der Waals surface area contributed by atoms with Gasteiger partial charge in [0.25, 0.3) is 11.8 Å². The van der Waals surface area contributed by atoms with Crippen molar-refractivity contribution >= 4 is 46.2 Å². The molecule has 0 bridgehead atoms. The summed E-state index contributed by atoms with van der Waals surface area (Å²) in [6.45, 7) is 2.47. The van der Waals surface area contributed by atoms with Crippen LogP contribution in [-0.4, -0.2) is 47.9 Å². The maximum atomic E-state index is 13.3. The van der Waals surface area contributed by atoms with Crippen molar-refractivity contribution in [2.75, 3.05) is 31.1 Å². The number of nitrogens with zero attached hydrogens (tertiary/aromatic N) is 3. The van der Waals surface area contributed by atoms with Crippen LogP contribution in [0.3, 0.4) is 0 Å². The molecule has 4 rings (SSSR count). The average molecular weight is 528 g/mol. The number of rotatable bonds is 5. The Morgan fingerprint density at radius 1 is 1.00 bits per heavy atom. The SMILES string of the molecule is O=C(N/C(=C/c1ccc(I)o1)C(=O)N1CCN(c2cccnc2)CC1)c1ccccc1. The van der Waals surface area contributed by atoms with E-state index in [0.717, 1.165) is 5.69 Å². The monoisotopic (exact) mass is 528 g/mol. The summed E-state index contributed by atoms with van der Waals surface area (Å²) in [5, 5.41) is 2.78. The average Bonchev–Trinajstić information content (AvgIpc) is 3.24. The quantitative estimate of drug-likeness (QED) is 0.406. The molecule has 0 spiro atoms. The summed E-state index contributed by atoms with van der Waals surface area (Å²) in [5.41, 5.74) is 1.71. The molecule has 1 saturated heterocycles. The van der Waals surface area contributed by atoms with Crippen LogP contribution in [0, 0.1) is 3.77 Å². The summed E-state index contributed by atoms with van der Waals surface area (Å²) < 4.78 is 6.29. The Hall–Kier alpha value is -3.14. The van der Waals surface area contributed by atoms with Crippen LogP contribution in [-0.2, 0) is 4.79 Å². The second-order valence-electron chi connectivity index (χ2n) is 7.01. The Morgan fingerprint density at radius 2 is 1.77 bits per heavy atom. The van der Waals surface area contributed by atoms with Gasteiger partial charge in [0.05, 0.1) is 11.9 Å². The summed E-state index contributed by atoms with van der Waals surface area (Å²) >= 11 is 2.06. The Kier molecular flexibility index (Phi) is 6.66. The lowest BCUT2D eigenvalue weighted by Crippen LogP contribution is -2.50. The van der Waals surface area contributed by atoms with Crippen molar-refractivity contribution in [2.24, 2.45) is 0 Å². The van der Waals surface area contributed by atoms with Crippen molar-refractivity contribution in [3.8, 4) is 0 Å². The molecule has 0 saturated carbocycles. The summed E-state index contributed by atoms with van der Waals surface area (Å²) in [5.74, 6) is -0.0629. The Morgan fingerprint density at radius 3 is 2.42 bits per heavy atom. The first kappa shape index (κ1) is 21.1. The van der Waals surface area contributed by atoms with Crippen molar-refractivity contribution in [2.45, 2.75) is 0 Å².